The molecule has 3 aromatic rings. The minimum absolute atomic E-state index is 0.667. The van der Waals surface area contributed by atoms with Crippen molar-refractivity contribution in [1.29, 1.82) is 0 Å². The number of nitrogens with one attached hydrogen (secondary N) is 1. The molecule has 0 unspecified atom stereocenters. The van der Waals surface area contributed by atoms with Gasteiger partial charge in [-0.1, -0.05) is 79.7 Å². The first-order valence-corrected chi connectivity index (χ1v) is 13.8. The summed E-state index contributed by atoms with van der Waals surface area (Å²) in [6, 6.07) is 12.5. The maximum atomic E-state index is 5.71. The molecule has 1 fully saturated rings. The van der Waals surface area contributed by atoms with Crippen LogP contribution < -0.4 is 11.1 Å². The van der Waals surface area contributed by atoms with Gasteiger partial charge in [0.25, 0.3) is 0 Å². The zero-order chi connectivity index (χ0) is 23.8. The van der Waals surface area contributed by atoms with Gasteiger partial charge in [-0.15, -0.1) is 11.7 Å². The van der Waals surface area contributed by atoms with Crippen molar-refractivity contribution in [1.82, 2.24) is 4.98 Å². The normalized spacial score (nSPS) is 14.3. The van der Waals surface area contributed by atoms with Crippen molar-refractivity contribution in [3.05, 3.63) is 70.9 Å². The van der Waals surface area contributed by atoms with Crippen LogP contribution in [0.4, 0.5) is 5.69 Å². The number of anilines is 1. The number of fused-ring (bicyclic) bond motifs is 2. The number of benzene rings is 2. The smallest absolute Gasteiger partial charge is 0.0716 e. The fraction of sp³-hybridized carbons (Fsp3) is 0.393. The Bertz CT molecular complexity index is 1090. The molecule has 1 aliphatic heterocycles. The average molecular weight is 480 g/mol. The number of aryl methyl sites for hydroxylation is 3. The first-order valence-electron chi connectivity index (χ1n) is 11.9. The lowest BCUT2D eigenvalue weighted by atomic mass is 10.00. The fourth-order valence-corrected chi connectivity index (χ4v) is 5.39. The Hall–Kier alpha value is -2.11. The maximum absolute atomic E-state index is 5.71. The molecule has 2 aromatic carbocycles. The monoisotopic (exact) mass is 479 g/mol. The van der Waals surface area contributed by atoms with Crippen LogP contribution in [-0.2, 0) is 6.42 Å². The molecule has 0 atom stereocenters. The largest absolute Gasteiger partial charge is 0.399 e. The molecule has 1 saturated carbocycles. The highest BCUT2D eigenvalue weighted by atomic mass is 33.1. The topological polar surface area (TPSA) is 50.9 Å². The zero-order valence-corrected chi connectivity index (χ0v) is 21.9. The number of hydrogen-bond acceptors (Lipinski definition) is 5. The van der Waals surface area contributed by atoms with Gasteiger partial charge in [0.15, 0.2) is 0 Å². The van der Waals surface area contributed by atoms with Crippen LogP contribution in [-0.4, -0.2) is 11.5 Å². The third kappa shape index (κ3) is 6.94. The molecule has 1 aromatic heterocycles. The zero-order valence-electron chi connectivity index (χ0n) is 20.2. The lowest BCUT2D eigenvalue weighted by molar-refractivity contribution is 0.504. The van der Waals surface area contributed by atoms with Gasteiger partial charge in [-0.25, -0.2) is 0 Å². The lowest BCUT2D eigenvalue weighted by Crippen LogP contribution is -1.98. The summed E-state index contributed by atoms with van der Waals surface area (Å²) >= 11 is 4.26. The second-order valence-corrected chi connectivity index (χ2v) is 10.2. The first kappa shape index (κ1) is 25.5. The fourth-order valence-electron chi connectivity index (χ4n) is 4.45. The van der Waals surface area contributed by atoms with Crippen LogP contribution in [0.3, 0.4) is 0 Å². The predicted octanol–water partition coefficient (Wildman–Crippen LogP) is 8.02. The van der Waals surface area contributed by atoms with E-state index in [2.05, 4.69) is 78.8 Å². The number of thiol groups is 1. The van der Waals surface area contributed by atoms with Crippen molar-refractivity contribution in [2.24, 2.45) is 5.73 Å². The van der Waals surface area contributed by atoms with E-state index in [1.165, 1.54) is 82.0 Å². The summed E-state index contributed by atoms with van der Waals surface area (Å²) in [5.74, 6) is 0. The third-order valence-corrected chi connectivity index (χ3v) is 7.32. The summed E-state index contributed by atoms with van der Waals surface area (Å²) in [6.45, 7) is 11.0. The Balaban J connectivity index is 0.000000150. The van der Waals surface area contributed by atoms with Gasteiger partial charge in [-0.05, 0) is 56.5 Å². The van der Waals surface area contributed by atoms with E-state index in [-0.39, 0.29) is 0 Å². The average Bonchev–Trinajstić information content (AvgIpc) is 3.32. The molecule has 0 amide bonds. The van der Waals surface area contributed by atoms with Crippen molar-refractivity contribution in [3.63, 3.8) is 0 Å². The molecule has 2 aliphatic rings. The molecule has 0 saturated heterocycles. The van der Waals surface area contributed by atoms with E-state index in [0.29, 0.717) is 5.70 Å². The third-order valence-electron chi connectivity index (χ3n) is 6.20. The van der Waals surface area contributed by atoms with Crippen LogP contribution in [0.1, 0.15) is 66.5 Å². The van der Waals surface area contributed by atoms with Gasteiger partial charge in [0.2, 0.25) is 0 Å². The highest BCUT2D eigenvalue weighted by Gasteiger charge is 2.16. The number of rotatable bonds is 2. The van der Waals surface area contributed by atoms with E-state index in [4.69, 9.17) is 5.73 Å². The SMILES string of the molecule is C1CCCCC1.C=C(N)c1ccc(C)c2c1CCN2.Cc1ccc2nc(C)cc(SS)c2c1. The molecule has 3 nitrogen and oxygen atoms in total. The van der Waals surface area contributed by atoms with Crippen molar-refractivity contribution in [2.45, 2.75) is 70.6 Å². The first-order chi connectivity index (χ1) is 15.9. The Morgan fingerprint density at radius 1 is 1.00 bits per heavy atom. The number of nitrogens with two attached hydrogens (primary N) is 1. The molecule has 2 heterocycles. The number of nitrogens with zero attached hydrogens (tertiary/aromatic N) is 1. The molecule has 0 bridgehead atoms. The minimum Gasteiger partial charge on any atom is -0.399 e. The lowest BCUT2D eigenvalue weighted by Gasteiger charge is -2.09. The number of pyridine rings is 1. The Labute approximate surface area is 208 Å². The van der Waals surface area contributed by atoms with Crippen LogP contribution in [0.15, 0.2) is 47.9 Å². The van der Waals surface area contributed by atoms with Gasteiger partial charge in [-0.2, -0.15) is 0 Å². The van der Waals surface area contributed by atoms with Crippen molar-refractivity contribution in [3.8, 4) is 0 Å². The van der Waals surface area contributed by atoms with Crippen LogP contribution >= 0.6 is 22.5 Å². The highest BCUT2D eigenvalue weighted by Crippen LogP contribution is 2.31. The quantitative estimate of drug-likeness (QED) is 0.257. The molecule has 5 rings (SSSR count). The molecule has 0 spiro atoms. The Morgan fingerprint density at radius 2 is 1.67 bits per heavy atom. The molecule has 5 heteroatoms. The van der Waals surface area contributed by atoms with Crippen molar-refractivity contribution >= 4 is 44.7 Å². The van der Waals surface area contributed by atoms with E-state index >= 15 is 0 Å². The maximum Gasteiger partial charge on any atom is 0.0716 e. The second kappa shape index (κ2) is 12.4. The van der Waals surface area contributed by atoms with Crippen LogP contribution in [0, 0.1) is 20.8 Å². The van der Waals surface area contributed by atoms with Gasteiger partial charge in [-0.3, -0.25) is 4.98 Å². The molecular formula is C28H37N3S2. The van der Waals surface area contributed by atoms with Gasteiger partial charge in [0, 0.05) is 39.5 Å². The molecule has 0 radical (unpaired) electrons. The summed E-state index contributed by atoms with van der Waals surface area (Å²) in [6.07, 6.45) is 10.1. The summed E-state index contributed by atoms with van der Waals surface area (Å²) in [5.41, 5.74) is 14.7. The van der Waals surface area contributed by atoms with Gasteiger partial charge < -0.3 is 11.1 Å². The van der Waals surface area contributed by atoms with E-state index in [1.807, 2.05) is 6.92 Å². The van der Waals surface area contributed by atoms with E-state index in [1.54, 1.807) is 0 Å². The van der Waals surface area contributed by atoms with E-state index in [9.17, 15) is 0 Å². The van der Waals surface area contributed by atoms with Gasteiger partial charge in [0.1, 0.15) is 0 Å². The molecule has 3 N–H and O–H groups in total. The standard InChI is InChI=1S/C11H14N2.C11H11NS2.C6H12/c1-7-3-4-9(8(2)12)10-5-6-13-11(7)10;1-7-3-4-10-9(5-7)11(14-13)6-8(2)12-10;1-2-4-6-5-3-1/h3-4,13H,2,5-6,12H2,1H3;3-6,13H,1-2H3;1-6H2. The molecule has 176 valence electrons. The summed E-state index contributed by atoms with van der Waals surface area (Å²) < 4.78 is 0. The predicted molar refractivity (Wildman–Crippen MR) is 150 cm³/mol. The van der Waals surface area contributed by atoms with Crippen LogP contribution in [0.2, 0.25) is 0 Å². The second-order valence-electron chi connectivity index (χ2n) is 8.98. The highest BCUT2D eigenvalue weighted by molar-refractivity contribution is 8.68. The molecular weight excluding hydrogens is 442 g/mol. The van der Waals surface area contributed by atoms with E-state index in [0.717, 1.165) is 29.7 Å². The molecule has 1 aliphatic carbocycles. The van der Waals surface area contributed by atoms with Crippen LogP contribution in [0.5, 0.6) is 0 Å². The van der Waals surface area contributed by atoms with Crippen molar-refractivity contribution < 1.29 is 0 Å². The van der Waals surface area contributed by atoms with Crippen LogP contribution in [0.25, 0.3) is 16.6 Å². The minimum atomic E-state index is 0.667. The Kier molecular flexibility index (Phi) is 9.57. The number of aromatic nitrogens is 1. The van der Waals surface area contributed by atoms with Crippen molar-refractivity contribution in [2.75, 3.05) is 11.9 Å². The van der Waals surface area contributed by atoms with Gasteiger partial charge in [0.05, 0.1) is 5.52 Å². The summed E-state index contributed by atoms with van der Waals surface area (Å²) in [4.78, 5) is 5.66. The van der Waals surface area contributed by atoms with E-state index < -0.39 is 0 Å². The number of hydrogen-bond donors (Lipinski definition) is 3. The Morgan fingerprint density at radius 3 is 2.27 bits per heavy atom. The summed E-state index contributed by atoms with van der Waals surface area (Å²) in [5, 5.41) is 4.56. The molecule has 33 heavy (non-hydrogen) atoms. The van der Waals surface area contributed by atoms with Gasteiger partial charge >= 0.3 is 0 Å². The summed E-state index contributed by atoms with van der Waals surface area (Å²) in [7, 11) is 1.48.